The lowest BCUT2D eigenvalue weighted by atomic mass is 10.1. The van der Waals surface area contributed by atoms with Crippen LogP contribution in [0.2, 0.25) is 0 Å². The van der Waals surface area contributed by atoms with Crippen LogP contribution >= 0.6 is 0 Å². The number of aromatic nitrogens is 5. The number of nitrogens with one attached hydrogen (secondary N) is 2. The van der Waals surface area contributed by atoms with Crippen LogP contribution in [0.4, 0.5) is 0 Å². The van der Waals surface area contributed by atoms with Gasteiger partial charge in [0.2, 0.25) is 0 Å². The molecule has 0 aliphatic rings. The zero-order valence-corrected chi connectivity index (χ0v) is 9.31. The Morgan fingerprint density at radius 2 is 1.89 bits per heavy atom. The number of H-pyrrole nitrogens is 2. The van der Waals surface area contributed by atoms with Crippen LogP contribution in [-0.4, -0.2) is 25.6 Å². The molecule has 0 saturated heterocycles. The van der Waals surface area contributed by atoms with E-state index in [1.165, 1.54) is 0 Å². The lowest BCUT2D eigenvalue weighted by Crippen LogP contribution is -1.80. The first kappa shape index (κ1) is 9.35. The monoisotopic (exact) mass is 234 g/mol. The van der Waals surface area contributed by atoms with Gasteiger partial charge in [0.25, 0.3) is 0 Å². The third-order valence-corrected chi connectivity index (χ3v) is 2.97. The predicted octanol–water partition coefficient (Wildman–Crippen LogP) is 2.30. The molecule has 5 heteroatoms. The molecule has 0 aliphatic heterocycles. The highest BCUT2D eigenvalue weighted by Crippen LogP contribution is 2.26. The molecule has 85 valence electrons. The second kappa shape index (κ2) is 3.40. The highest BCUT2D eigenvalue weighted by atomic mass is 15.3. The van der Waals surface area contributed by atoms with Crippen molar-refractivity contribution >= 4 is 21.9 Å². The van der Waals surface area contributed by atoms with E-state index in [0.29, 0.717) is 0 Å². The molecule has 0 unspecified atom stereocenters. The van der Waals surface area contributed by atoms with E-state index in [2.05, 4.69) is 31.7 Å². The SMILES string of the molecule is [c]1c(-c2n[nH]c3ccccc23)ccc2[nH]nnc12. The highest BCUT2D eigenvalue weighted by molar-refractivity contribution is 5.94. The summed E-state index contributed by atoms with van der Waals surface area (Å²) in [4.78, 5) is 0. The molecule has 0 spiro atoms. The Bertz CT molecular complexity index is 842. The smallest absolute Gasteiger partial charge is 0.121 e. The molecule has 0 fully saturated rings. The Hall–Kier alpha value is -2.69. The van der Waals surface area contributed by atoms with E-state index in [4.69, 9.17) is 0 Å². The Labute approximate surface area is 102 Å². The van der Waals surface area contributed by atoms with Gasteiger partial charge in [-0.15, -0.1) is 5.10 Å². The first-order valence-corrected chi connectivity index (χ1v) is 5.58. The highest BCUT2D eigenvalue weighted by Gasteiger charge is 2.09. The van der Waals surface area contributed by atoms with Gasteiger partial charge in [-0.05, 0) is 18.2 Å². The van der Waals surface area contributed by atoms with Gasteiger partial charge in [0.05, 0.1) is 11.0 Å². The van der Waals surface area contributed by atoms with Gasteiger partial charge in [0.15, 0.2) is 0 Å². The minimum Gasteiger partial charge on any atom is -0.277 e. The first-order chi connectivity index (χ1) is 8.92. The van der Waals surface area contributed by atoms with Gasteiger partial charge in [-0.2, -0.15) is 5.10 Å². The van der Waals surface area contributed by atoms with Crippen LogP contribution in [0.3, 0.4) is 0 Å². The standard InChI is InChI=1S/C13H8N5/c1-2-4-10-9(3-1)13(17-14-10)8-5-6-11-12(7-8)16-18-15-11/h1-6H,(H,14,17)(H,15,16,18). The number of para-hydroxylation sites is 1. The summed E-state index contributed by atoms with van der Waals surface area (Å²) in [6.45, 7) is 0. The van der Waals surface area contributed by atoms with E-state index >= 15 is 0 Å². The molecule has 0 saturated carbocycles. The summed E-state index contributed by atoms with van der Waals surface area (Å²) in [6.07, 6.45) is 0. The number of hydrogen-bond donors (Lipinski definition) is 2. The van der Waals surface area contributed by atoms with E-state index in [1.807, 2.05) is 36.4 Å². The fourth-order valence-corrected chi connectivity index (χ4v) is 2.09. The molecule has 0 aliphatic carbocycles. The minimum atomic E-state index is 0.722. The van der Waals surface area contributed by atoms with Crippen molar-refractivity contribution in [3.8, 4) is 11.3 Å². The lowest BCUT2D eigenvalue weighted by Gasteiger charge is -1.96. The van der Waals surface area contributed by atoms with E-state index in [-0.39, 0.29) is 0 Å². The number of aromatic amines is 2. The van der Waals surface area contributed by atoms with Crippen LogP contribution in [0.15, 0.2) is 36.4 Å². The van der Waals surface area contributed by atoms with Crippen LogP contribution in [0.25, 0.3) is 33.2 Å². The van der Waals surface area contributed by atoms with E-state index < -0.39 is 0 Å². The maximum absolute atomic E-state index is 4.34. The van der Waals surface area contributed by atoms with Crippen molar-refractivity contribution in [3.05, 3.63) is 42.5 Å². The van der Waals surface area contributed by atoms with E-state index in [1.54, 1.807) is 0 Å². The average molecular weight is 234 g/mol. The maximum atomic E-state index is 4.34. The van der Waals surface area contributed by atoms with Gasteiger partial charge in [-0.1, -0.05) is 23.4 Å². The average Bonchev–Trinajstić information content (AvgIpc) is 3.04. The summed E-state index contributed by atoms with van der Waals surface area (Å²) in [5.74, 6) is 0. The van der Waals surface area contributed by atoms with Crippen molar-refractivity contribution < 1.29 is 0 Å². The third-order valence-electron chi connectivity index (χ3n) is 2.97. The summed E-state index contributed by atoms with van der Waals surface area (Å²) in [5.41, 5.74) is 4.41. The normalized spacial score (nSPS) is 11.3. The second-order valence-electron chi connectivity index (χ2n) is 4.06. The predicted molar refractivity (Wildman–Crippen MR) is 67.8 cm³/mol. The van der Waals surface area contributed by atoms with E-state index in [9.17, 15) is 0 Å². The second-order valence-corrected chi connectivity index (χ2v) is 4.06. The van der Waals surface area contributed by atoms with Gasteiger partial charge in [0, 0.05) is 17.0 Å². The molecule has 0 amide bonds. The van der Waals surface area contributed by atoms with E-state index in [0.717, 1.165) is 33.2 Å². The summed E-state index contributed by atoms with van der Waals surface area (Å²) < 4.78 is 0. The summed E-state index contributed by atoms with van der Waals surface area (Å²) in [5, 5.41) is 19.0. The number of nitrogens with zero attached hydrogens (tertiary/aromatic N) is 3. The van der Waals surface area contributed by atoms with Gasteiger partial charge in [-0.25, -0.2) is 0 Å². The largest absolute Gasteiger partial charge is 0.277 e. The maximum Gasteiger partial charge on any atom is 0.121 e. The number of fused-ring (bicyclic) bond motifs is 2. The Balaban J connectivity index is 2.00. The van der Waals surface area contributed by atoms with Crippen molar-refractivity contribution in [2.45, 2.75) is 0 Å². The molecule has 4 aromatic rings. The number of rotatable bonds is 1. The first-order valence-electron chi connectivity index (χ1n) is 5.58. The van der Waals surface area contributed by atoms with Crippen LogP contribution in [0, 0.1) is 6.07 Å². The van der Waals surface area contributed by atoms with Crippen molar-refractivity contribution in [1.82, 2.24) is 25.6 Å². The van der Waals surface area contributed by atoms with Gasteiger partial charge < -0.3 is 0 Å². The molecule has 5 nitrogen and oxygen atoms in total. The van der Waals surface area contributed by atoms with Crippen molar-refractivity contribution in [3.63, 3.8) is 0 Å². The lowest BCUT2D eigenvalue weighted by molar-refractivity contribution is 0.959. The summed E-state index contributed by atoms with van der Waals surface area (Å²) >= 11 is 0. The molecular weight excluding hydrogens is 226 g/mol. The quantitative estimate of drug-likeness (QED) is 0.531. The molecular formula is C13H8N5. The van der Waals surface area contributed by atoms with Crippen molar-refractivity contribution in [2.75, 3.05) is 0 Å². The topological polar surface area (TPSA) is 70.2 Å². The zero-order chi connectivity index (χ0) is 11.9. The molecule has 4 rings (SSSR count). The molecule has 1 radical (unpaired) electrons. The number of benzene rings is 2. The van der Waals surface area contributed by atoms with Gasteiger partial charge >= 0.3 is 0 Å². The fraction of sp³-hybridized carbons (Fsp3) is 0. The Morgan fingerprint density at radius 3 is 2.89 bits per heavy atom. The molecule has 2 aromatic carbocycles. The van der Waals surface area contributed by atoms with Gasteiger partial charge in [0.1, 0.15) is 11.2 Å². The fourth-order valence-electron chi connectivity index (χ4n) is 2.09. The molecule has 0 bridgehead atoms. The molecule has 18 heavy (non-hydrogen) atoms. The van der Waals surface area contributed by atoms with Crippen LogP contribution in [0.1, 0.15) is 0 Å². The molecule has 2 aromatic heterocycles. The molecule has 2 N–H and O–H groups in total. The van der Waals surface area contributed by atoms with Crippen molar-refractivity contribution in [2.24, 2.45) is 0 Å². The van der Waals surface area contributed by atoms with Crippen LogP contribution in [-0.2, 0) is 0 Å². The summed E-state index contributed by atoms with van der Waals surface area (Å²) in [6, 6.07) is 15.1. The van der Waals surface area contributed by atoms with Crippen LogP contribution < -0.4 is 0 Å². The van der Waals surface area contributed by atoms with Gasteiger partial charge in [-0.3, -0.25) is 10.2 Å². The Morgan fingerprint density at radius 1 is 0.944 bits per heavy atom. The van der Waals surface area contributed by atoms with Crippen LogP contribution in [0.5, 0.6) is 0 Å². The number of hydrogen-bond acceptors (Lipinski definition) is 3. The third kappa shape index (κ3) is 1.24. The van der Waals surface area contributed by atoms with Crippen molar-refractivity contribution in [1.29, 1.82) is 0 Å². The summed E-state index contributed by atoms with van der Waals surface area (Å²) in [7, 11) is 0. The molecule has 2 heterocycles. The molecule has 0 atom stereocenters. The zero-order valence-electron chi connectivity index (χ0n) is 9.31. The minimum absolute atomic E-state index is 0.722. The Kier molecular flexibility index (Phi) is 1.77.